The van der Waals surface area contributed by atoms with Crippen molar-refractivity contribution in [3.05, 3.63) is 65.7 Å². The fourth-order valence-electron chi connectivity index (χ4n) is 3.14. The average Bonchev–Trinajstić information content (AvgIpc) is 3.13. The molecular formula is C20H17N4O2S2-. The molecule has 1 unspecified atom stereocenters. The van der Waals surface area contributed by atoms with Crippen LogP contribution in [0.15, 0.2) is 60.1 Å². The second-order valence-electron chi connectivity index (χ2n) is 6.29. The molecule has 6 nitrogen and oxygen atoms in total. The highest BCUT2D eigenvalue weighted by atomic mass is 32.2. The van der Waals surface area contributed by atoms with Crippen molar-refractivity contribution >= 4 is 44.2 Å². The Morgan fingerprint density at radius 2 is 1.86 bits per heavy atom. The van der Waals surface area contributed by atoms with E-state index in [9.17, 15) is 8.76 Å². The number of nitrogens with one attached hydrogen (secondary N) is 1. The SMILES string of the molecule is Nc1ccc(-c2csc3c(-c4cccc(CNS(=O)[O-])c4)cnc(N)c23)cc1. The van der Waals surface area contributed by atoms with E-state index in [-0.39, 0.29) is 6.54 Å². The maximum absolute atomic E-state index is 10.8. The zero-order chi connectivity index (χ0) is 19.7. The maximum atomic E-state index is 10.8. The van der Waals surface area contributed by atoms with E-state index >= 15 is 0 Å². The summed E-state index contributed by atoms with van der Waals surface area (Å²) in [5, 5.41) is 2.99. The highest BCUT2D eigenvalue weighted by molar-refractivity contribution is 7.77. The number of anilines is 2. The number of aromatic nitrogens is 1. The fraction of sp³-hybridized carbons (Fsp3) is 0.0500. The Bertz CT molecular complexity index is 1170. The minimum atomic E-state index is -2.30. The Balaban J connectivity index is 1.81. The van der Waals surface area contributed by atoms with Gasteiger partial charge in [0.25, 0.3) is 0 Å². The van der Waals surface area contributed by atoms with E-state index in [0.29, 0.717) is 11.5 Å². The molecule has 2 aromatic heterocycles. The third kappa shape index (κ3) is 3.63. The van der Waals surface area contributed by atoms with Crippen LogP contribution in [0, 0.1) is 0 Å². The van der Waals surface area contributed by atoms with Gasteiger partial charge >= 0.3 is 0 Å². The van der Waals surface area contributed by atoms with Gasteiger partial charge in [-0.15, -0.1) is 11.3 Å². The standard InChI is InChI=1S/C20H18N4O2S2/c21-15-6-4-13(5-7-15)17-11-27-19-16(10-23-20(22)18(17)19)14-3-1-2-12(8-14)9-24-28(25)26/h1-8,10-11,24H,9,21H2,(H2,22,23)(H,25,26)/p-1. The van der Waals surface area contributed by atoms with Crippen molar-refractivity contribution in [2.75, 3.05) is 11.5 Å². The first kappa shape index (κ1) is 18.6. The molecule has 0 saturated heterocycles. The van der Waals surface area contributed by atoms with Crippen LogP contribution < -0.4 is 16.2 Å². The minimum absolute atomic E-state index is 0.233. The van der Waals surface area contributed by atoms with Gasteiger partial charge in [0.1, 0.15) is 5.82 Å². The lowest BCUT2D eigenvalue weighted by Crippen LogP contribution is -2.15. The van der Waals surface area contributed by atoms with Crippen molar-refractivity contribution in [2.45, 2.75) is 6.54 Å². The van der Waals surface area contributed by atoms with Crippen molar-refractivity contribution in [1.29, 1.82) is 0 Å². The second kappa shape index (κ2) is 7.69. The van der Waals surface area contributed by atoms with Gasteiger partial charge in [0, 0.05) is 50.9 Å². The zero-order valence-corrected chi connectivity index (χ0v) is 16.3. The van der Waals surface area contributed by atoms with E-state index in [1.165, 1.54) is 0 Å². The van der Waals surface area contributed by atoms with Gasteiger partial charge in [0.15, 0.2) is 0 Å². The lowest BCUT2D eigenvalue weighted by Gasteiger charge is -2.10. The number of thiophene rings is 1. The summed E-state index contributed by atoms with van der Waals surface area (Å²) in [6.45, 7) is 0.233. The molecule has 0 amide bonds. The number of nitrogens with two attached hydrogens (primary N) is 2. The lowest BCUT2D eigenvalue weighted by molar-refractivity contribution is 0.522. The Morgan fingerprint density at radius 3 is 2.61 bits per heavy atom. The summed E-state index contributed by atoms with van der Waals surface area (Å²) in [4.78, 5) is 4.41. The molecule has 28 heavy (non-hydrogen) atoms. The molecule has 0 spiro atoms. The molecule has 0 bridgehead atoms. The zero-order valence-electron chi connectivity index (χ0n) is 14.7. The van der Waals surface area contributed by atoms with Gasteiger partial charge in [-0.25, -0.2) is 9.71 Å². The molecule has 4 aromatic rings. The maximum Gasteiger partial charge on any atom is 0.132 e. The van der Waals surface area contributed by atoms with E-state index in [1.54, 1.807) is 17.5 Å². The summed E-state index contributed by atoms with van der Waals surface area (Å²) in [6, 6.07) is 15.4. The van der Waals surface area contributed by atoms with Crippen LogP contribution in [-0.4, -0.2) is 13.7 Å². The number of pyridine rings is 1. The molecule has 0 aliphatic carbocycles. The van der Waals surface area contributed by atoms with E-state index in [2.05, 4.69) is 15.1 Å². The fourth-order valence-corrected chi connectivity index (χ4v) is 4.54. The minimum Gasteiger partial charge on any atom is -0.760 e. The van der Waals surface area contributed by atoms with Crippen LogP contribution in [0.25, 0.3) is 32.3 Å². The molecule has 0 aliphatic heterocycles. The Hall–Kier alpha value is -2.78. The van der Waals surface area contributed by atoms with Gasteiger partial charge in [0.05, 0.1) is 0 Å². The molecule has 2 heterocycles. The first-order valence-corrected chi connectivity index (χ1v) is 10.4. The molecule has 0 radical (unpaired) electrons. The van der Waals surface area contributed by atoms with Crippen LogP contribution in [0.1, 0.15) is 5.56 Å². The van der Waals surface area contributed by atoms with Crippen LogP contribution in [0.5, 0.6) is 0 Å². The van der Waals surface area contributed by atoms with Crippen LogP contribution in [0.3, 0.4) is 0 Å². The van der Waals surface area contributed by atoms with Crippen molar-refractivity contribution in [2.24, 2.45) is 0 Å². The molecule has 5 N–H and O–H groups in total. The molecule has 8 heteroatoms. The number of hydrogen-bond donors (Lipinski definition) is 3. The predicted octanol–water partition coefficient (Wildman–Crippen LogP) is 3.68. The molecule has 0 aliphatic rings. The third-order valence-electron chi connectivity index (χ3n) is 4.48. The lowest BCUT2D eigenvalue weighted by atomic mass is 10.0. The van der Waals surface area contributed by atoms with E-state index in [1.807, 2.05) is 48.5 Å². The largest absolute Gasteiger partial charge is 0.760 e. The average molecular weight is 410 g/mol. The summed E-state index contributed by atoms with van der Waals surface area (Å²) in [5.41, 5.74) is 17.6. The van der Waals surface area contributed by atoms with Crippen molar-refractivity contribution in [3.8, 4) is 22.3 Å². The summed E-state index contributed by atoms with van der Waals surface area (Å²) >= 11 is -0.691. The number of rotatable bonds is 5. The van der Waals surface area contributed by atoms with Crippen LogP contribution in [-0.2, 0) is 17.8 Å². The number of hydrogen-bond acceptors (Lipinski definition) is 6. The monoisotopic (exact) mass is 409 g/mol. The number of nitrogen functional groups attached to an aromatic ring is 2. The highest BCUT2D eigenvalue weighted by Gasteiger charge is 2.15. The summed E-state index contributed by atoms with van der Waals surface area (Å²) in [6.07, 6.45) is 1.76. The Kier molecular flexibility index (Phi) is 5.10. The second-order valence-corrected chi connectivity index (χ2v) is 7.93. The van der Waals surface area contributed by atoms with E-state index in [4.69, 9.17) is 11.5 Å². The molecule has 1 atom stereocenters. The van der Waals surface area contributed by atoms with Gasteiger partial charge in [-0.2, -0.15) is 0 Å². The Labute approximate surface area is 168 Å². The molecular weight excluding hydrogens is 392 g/mol. The van der Waals surface area contributed by atoms with Crippen molar-refractivity contribution in [3.63, 3.8) is 0 Å². The van der Waals surface area contributed by atoms with E-state index < -0.39 is 11.3 Å². The van der Waals surface area contributed by atoms with Gasteiger partial charge in [-0.1, -0.05) is 30.3 Å². The number of nitrogens with zero attached hydrogens (tertiary/aromatic N) is 1. The summed E-state index contributed by atoms with van der Waals surface area (Å²) < 4.78 is 24.9. The molecule has 0 saturated carbocycles. The molecule has 2 aromatic carbocycles. The first-order chi connectivity index (χ1) is 13.5. The molecule has 142 valence electrons. The van der Waals surface area contributed by atoms with Gasteiger partial charge in [0.2, 0.25) is 0 Å². The quantitative estimate of drug-likeness (QED) is 0.343. The topological polar surface area (TPSA) is 117 Å². The number of benzene rings is 2. The van der Waals surface area contributed by atoms with Crippen LogP contribution in [0.4, 0.5) is 11.5 Å². The normalized spacial score (nSPS) is 12.3. The number of fused-ring (bicyclic) bond motifs is 1. The van der Waals surface area contributed by atoms with Crippen LogP contribution in [0.2, 0.25) is 0 Å². The van der Waals surface area contributed by atoms with Crippen molar-refractivity contribution in [1.82, 2.24) is 9.71 Å². The van der Waals surface area contributed by atoms with Gasteiger partial charge < -0.3 is 16.0 Å². The molecule has 0 fully saturated rings. The first-order valence-electron chi connectivity index (χ1n) is 8.46. The summed E-state index contributed by atoms with van der Waals surface area (Å²) in [7, 11) is 0. The molecule has 4 rings (SSSR count). The predicted molar refractivity (Wildman–Crippen MR) is 115 cm³/mol. The third-order valence-corrected chi connectivity index (χ3v) is 5.87. The smallest absolute Gasteiger partial charge is 0.132 e. The van der Waals surface area contributed by atoms with Crippen LogP contribution >= 0.6 is 11.3 Å². The van der Waals surface area contributed by atoms with Gasteiger partial charge in [-0.05, 0) is 40.3 Å². The Morgan fingerprint density at radius 1 is 1.07 bits per heavy atom. The van der Waals surface area contributed by atoms with Crippen molar-refractivity contribution < 1.29 is 8.76 Å². The summed E-state index contributed by atoms with van der Waals surface area (Å²) in [5.74, 6) is 0.478. The van der Waals surface area contributed by atoms with E-state index in [0.717, 1.165) is 37.9 Å². The highest BCUT2D eigenvalue weighted by Crippen LogP contribution is 2.41. The van der Waals surface area contributed by atoms with Gasteiger partial charge in [-0.3, -0.25) is 4.21 Å².